The summed E-state index contributed by atoms with van der Waals surface area (Å²) in [6.45, 7) is 11.4. The Morgan fingerprint density at radius 1 is 0.841 bits per heavy atom. The summed E-state index contributed by atoms with van der Waals surface area (Å²) in [7, 11) is 0. The van der Waals surface area contributed by atoms with Crippen molar-refractivity contribution in [3.05, 3.63) is 130 Å². The molecule has 16 heteroatoms. The maximum atomic E-state index is 14.6. The lowest BCUT2D eigenvalue weighted by molar-refractivity contribution is -0.196. The van der Waals surface area contributed by atoms with Gasteiger partial charge in [-0.3, -0.25) is 19.3 Å². The molecular weight excluding hydrogens is 843 g/mol. The van der Waals surface area contributed by atoms with Gasteiger partial charge in [0.2, 0.25) is 5.60 Å². The number of amides is 2. The van der Waals surface area contributed by atoms with E-state index in [1.807, 2.05) is 91.0 Å². The van der Waals surface area contributed by atoms with Gasteiger partial charge in [-0.2, -0.15) is 0 Å². The van der Waals surface area contributed by atoms with E-state index in [2.05, 4.69) is 15.8 Å². The number of β-lactam (4-membered cyclic amide) rings is 1. The molecule has 1 aromatic heterocycles. The fraction of sp³-hybridized carbons (Fsp3) is 0.383. The number of aromatic nitrogens is 1. The van der Waals surface area contributed by atoms with E-state index in [9.17, 15) is 24.0 Å². The van der Waals surface area contributed by atoms with Crippen molar-refractivity contribution in [3.63, 3.8) is 0 Å². The second-order valence-electron chi connectivity index (χ2n) is 17.5. The lowest BCUT2D eigenvalue weighted by atomic mass is 9.77. The Labute approximate surface area is 374 Å². The van der Waals surface area contributed by atoms with Crippen LogP contribution in [-0.2, 0) is 48.6 Å². The number of carbonyl (C=O) groups excluding carboxylic acids is 5. The van der Waals surface area contributed by atoms with Crippen LogP contribution >= 0.6 is 23.1 Å². The Balaban J connectivity index is 1.24. The van der Waals surface area contributed by atoms with Gasteiger partial charge in [-0.05, 0) is 64.7 Å². The number of thioether (sulfide) groups is 1. The van der Waals surface area contributed by atoms with Gasteiger partial charge in [0.25, 0.3) is 11.8 Å². The van der Waals surface area contributed by atoms with Crippen LogP contribution in [0.15, 0.2) is 113 Å². The number of fused-ring (bicyclic) bond motifs is 1. The molecule has 2 aliphatic heterocycles. The monoisotopic (exact) mass is 893 g/mol. The van der Waals surface area contributed by atoms with Crippen LogP contribution < -0.4 is 10.6 Å². The minimum absolute atomic E-state index is 0.0270. The third kappa shape index (κ3) is 9.66. The number of oxime groups is 1. The van der Waals surface area contributed by atoms with Gasteiger partial charge in [0.1, 0.15) is 46.2 Å². The number of rotatable bonds is 14. The highest BCUT2D eigenvalue weighted by molar-refractivity contribution is 8.00. The smallest absolute Gasteiger partial charge is 0.355 e. The van der Waals surface area contributed by atoms with Gasteiger partial charge in [-0.1, -0.05) is 96.2 Å². The van der Waals surface area contributed by atoms with Crippen molar-refractivity contribution in [2.45, 2.75) is 101 Å². The molecule has 3 heterocycles. The number of thiazole rings is 1. The summed E-state index contributed by atoms with van der Waals surface area (Å²) in [5, 5.41) is 12.3. The first-order chi connectivity index (χ1) is 29.9. The largest absolute Gasteiger partial charge is 0.461 e. The van der Waals surface area contributed by atoms with Crippen LogP contribution in [0.2, 0.25) is 0 Å². The Hall–Kier alpha value is -6.00. The Kier molecular flexibility index (Phi) is 12.9. The molecule has 1 aliphatic carbocycles. The van der Waals surface area contributed by atoms with Crippen LogP contribution in [0, 0.1) is 0 Å². The highest BCUT2D eigenvalue weighted by Gasteiger charge is 2.55. The van der Waals surface area contributed by atoms with E-state index in [1.54, 1.807) is 46.9 Å². The second kappa shape index (κ2) is 18.0. The number of carbonyl (C=O) groups is 5. The normalized spacial score (nSPS) is 18.6. The number of esters is 3. The van der Waals surface area contributed by atoms with Gasteiger partial charge in [-0.25, -0.2) is 14.6 Å². The average Bonchev–Trinajstić information content (AvgIpc) is 3.69. The first-order valence-corrected chi connectivity index (χ1v) is 22.6. The molecule has 0 bridgehead atoms. The molecule has 7 rings (SSSR count). The van der Waals surface area contributed by atoms with Crippen molar-refractivity contribution in [2.75, 3.05) is 17.7 Å². The number of nitrogens with one attached hydrogen (secondary N) is 2. The lowest BCUT2D eigenvalue weighted by Crippen LogP contribution is -2.71. The molecule has 3 aromatic carbocycles. The molecule has 1 saturated heterocycles. The zero-order valence-electron chi connectivity index (χ0n) is 36.3. The fourth-order valence-electron chi connectivity index (χ4n) is 7.43. The predicted molar refractivity (Wildman–Crippen MR) is 240 cm³/mol. The number of hydrogen-bond donors (Lipinski definition) is 2. The summed E-state index contributed by atoms with van der Waals surface area (Å²) in [5.74, 6) is -3.05. The summed E-state index contributed by atoms with van der Waals surface area (Å²) in [6, 6.07) is 28.8. The fourth-order valence-corrected chi connectivity index (χ4v) is 9.51. The lowest BCUT2D eigenvalue weighted by Gasteiger charge is -2.49. The van der Waals surface area contributed by atoms with Gasteiger partial charge in [-0.15, -0.1) is 23.1 Å². The van der Waals surface area contributed by atoms with Gasteiger partial charge >= 0.3 is 17.9 Å². The number of nitrogens with zero attached hydrogens (tertiary/aromatic N) is 3. The molecule has 4 aromatic rings. The first-order valence-electron chi connectivity index (χ1n) is 20.7. The van der Waals surface area contributed by atoms with Crippen molar-refractivity contribution in [1.29, 1.82) is 0 Å². The van der Waals surface area contributed by atoms with Crippen LogP contribution in [0.25, 0.3) is 0 Å². The Bertz CT molecular complexity index is 2320. The highest BCUT2D eigenvalue weighted by atomic mass is 32.2. The van der Waals surface area contributed by atoms with Gasteiger partial charge in [0.05, 0.1) is 0 Å². The molecule has 2 N–H and O–H groups in total. The highest BCUT2D eigenvalue weighted by Crippen LogP contribution is 2.43. The molecule has 2 atom stereocenters. The maximum absolute atomic E-state index is 14.6. The molecule has 1 saturated carbocycles. The number of hydrogen-bond acceptors (Lipinski definition) is 14. The summed E-state index contributed by atoms with van der Waals surface area (Å²) >= 11 is 2.54. The summed E-state index contributed by atoms with van der Waals surface area (Å²) < 4.78 is 16.6. The molecule has 2 fully saturated rings. The molecule has 2 amide bonds. The Morgan fingerprint density at radius 3 is 1.89 bits per heavy atom. The number of benzene rings is 3. The van der Waals surface area contributed by atoms with Crippen molar-refractivity contribution in [3.8, 4) is 0 Å². The molecule has 0 radical (unpaired) electrons. The summed E-state index contributed by atoms with van der Waals surface area (Å²) in [4.78, 5) is 79.6. The van der Waals surface area contributed by atoms with E-state index < -0.39 is 63.5 Å². The first kappa shape index (κ1) is 45.0. The quantitative estimate of drug-likeness (QED) is 0.0329. The van der Waals surface area contributed by atoms with E-state index in [4.69, 9.17) is 24.0 Å². The maximum Gasteiger partial charge on any atom is 0.355 e. The van der Waals surface area contributed by atoms with Crippen LogP contribution in [0.1, 0.15) is 90.1 Å². The molecule has 0 spiro atoms. The number of anilines is 1. The molecule has 3 aliphatic rings. The van der Waals surface area contributed by atoms with Gasteiger partial charge < -0.3 is 29.7 Å². The van der Waals surface area contributed by atoms with Gasteiger partial charge in [0, 0.05) is 36.5 Å². The third-order valence-corrected chi connectivity index (χ3v) is 12.6. The van der Waals surface area contributed by atoms with Crippen LogP contribution in [0.4, 0.5) is 5.13 Å². The van der Waals surface area contributed by atoms with E-state index in [0.29, 0.717) is 30.0 Å². The van der Waals surface area contributed by atoms with Crippen molar-refractivity contribution in [1.82, 2.24) is 15.2 Å². The Morgan fingerprint density at radius 2 is 1.40 bits per heavy atom. The van der Waals surface area contributed by atoms with E-state index in [0.717, 1.165) is 16.7 Å². The molecule has 14 nitrogen and oxygen atoms in total. The topological polar surface area (TPSA) is 175 Å². The number of ether oxygens (including phenoxy) is 3. The summed E-state index contributed by atoms with van der Waals surface area (Å²) in [6.07, 6.45) is 1.32. The SMILES string of the molecule is CC(=O)OCC1=C(C(=O)OC(C)(C)C)N2C(=O)[C@@H](NC(=O)C(=NOC3(C(=O)OC(C)(C)C)CCC3)c3csc(NC(c4ccccc4)(c4ccccc4)c4ccccc4)n3)[C@H]2SC1. The predicted octanol–water partition coefficient (Wildman–Crippen LogP) is 7.09. The standard InChI is InChI=1S/C47H51N5O9S2/c1-29(53)58-26-30-27-62-40-36(39(55)52(40)37(30)41(56)59-44(2,3)4)49-38(54)35(51-61-46(24-17-25-46)42(57)60-45(5,6)7)34-28-63-43(48-34)50-47(31-18-11-8-12-19-31,32-20-13-9-14-21-32)33-22-15-10-16-23-33/h8-16,18-23,28,36,40H,17,24-27H2,1-7H3,(H,48,50)(H,49,54)/t36-,40-/m1/s1. The third-order valence-electron chi connectivity index (χ3n) is 10.5. The van der Waals surface area contributed by atoms with Crippen LogP contribution in [0.3, 0.4) is 0 Å². The average molecular weight is 894 g/mol. The summed E-state index contributed by atoms with van der Waals surface area (Å²) in [5.41, 5.74) is -1.00. The van der Waals surface area contributed by atoms with Crippen molar-refractivity contribution in [2.24, 2.45) is 5.16 Å². The van der Waals surface area contributed by atoms with Crippen molar-refractivity contribution < 1.29 is 43.0 Å². The van der Waals surface area contributed by atoms with Gasteiger partial charge in [0.15, 0.2) is 10.8 Å². The van der Waals surface area contributed by atoms with Crippen LogP contribution in [0.5, 0.6) is 0 Å². The van der Waals surface area contributed by atoms with Crippen LogP contribution in [-0.4, -0.2) is 85.9 Å². The zero-order chi connectivity index (χ0) is 45.2. The minimum Gasteiger partial charge on any atom is -0.461 e. The molecular formula is C47H51N5O9S2. The minimum atomic E-state index is -1.42. The second-order valence-corrected chi connectivity index (χ2v) is 19.5. The molecule has 63 heavy (non-hydrogen) atoms. The van der Waals surface area contributed by atoms with E-state index in [1.165, 1.54) is 34.9 Å². The van der Waals surface area contributed by atoms with Crippen molar-refractivity contribution >= 4 is 63.7 Å². The molecule has 330 valence electrons. The molecule has 0 unspecified atom stereocenters. The zero-order valence-corrected chi connectivity index (χ0v) is 37.9. The van der Waals surface area contributed by atoms with E-state index >= 15 is 0 Å². The van der Waals surface area contributed by atoms with E-state index in [-0.39, 0.29) is 29.5 Å².